The molecule has 2 unspecified atom stereocenters. The van der Waals surface area contributed by atoms with Crippen LogP contribution in [0.3, 0.4) is 0 Å². The van der Waals surface area contributed by atoms with E-state index in [0.29, 0.717) is 23.2 Å². The number of allylic oxidation sites excluding steroid dienone is 2. The number of hydrogen-bond acceptors (Lipinski definition) is 9. The van der Waals surface area contributed by atoms with Gasteiger partial charge in [-0.3, -0.25) is 9.69 Å². The van der Waals surface area contributed by atoms with Crippen molar-refractivity contribution < 1.29 is 23.5 Å². The Morgan fingerprint density at radius 3 is 2.48 bits per heavy atom. The Kier molecular flexibility index (Phi) is 9.31. The topological polar surface area (TPSA) is 132 Å². The summed E-state index contributed by atoms with van der Waals surface area (Å²) in [6.45, 7) is 21.9. The van der Waals surface area contributed by atoms with Crippen molar-refractivity contribution in [1.29, 1.82) is 0 Å². The lowest BCUT2D eigenvalue weighted by Gasteiger charge is -2.36. The first-order valence-electron chi connectivity index (χ1n) is 15.0. The third-order valence-corrected chi connectivity index (χ3v) is 12.2. The maximum absolute atomic E-state index is 13.5. The van der Waals surface area contributed by atoms with Crippen LogP contribution in [0.4, 0.5) is 16.4 Å². The fraction of sp³-hybridized carbons (Fsp3) is 0.581. The predicted molar refractivity (Wildman–Crippen MR) is 175 cm³/mol. The highest BCUT2D eigenvalue weighted by Crippen LogP contribution is 2.41. The van der Waals surface area contributed by atoms with E-state index in [4.69, 9.17) is 18.9 Å². The van der Waals surface area contributed by atoms with Crippen molar-refractivity contribution in [3.63, 3.8) is 0 Å². The van der Waals surface area contributed by atoms with Gasteiger partial charge in [-0.05, 0) is 65.1 Å². The summed E-state index contributed by atoms with van der Waals surface area (Å²) in [5.74, 6) is 0.807. The molecule has 2 amide bonds. The van der Waals surface area contributed by atoms with Crippen molar-refractivity contribution >= 4 is 43.8 Å². The number of ether oxygens (including phenoxy) is 2. The number of aromatic nitrogens is 3. The molecule has 2 aromatic heterocycles. The highest BCUT2D eigenvalue weighted by Gasteiger charge is 2.47. The van der Waals surface area contributed by atoms with Crippen LogP contribution in [0, 0.1) is 0 Å². The first-order chi connectivity index (χ1) is 20.4. The van der Waals surface area contributed by atoms with E-state index < -0.39 is 20.0 Å². The number of aliphatic imine (C=N–C) groups is 1. The Morgan fingerprint density at radius 1 is 1.20 bits per heavy atom. The molecule has 12 nitrogen and oxygen atoms in total. The molecular weight excluding hydrogens is 578 g/mol. The third kappa shape index (κ3) is 8.06. The Labute approximate surface area is 261 Å². The van der Waals surface area contributed by atoms with Crippen molar-refractivity contribution in [3.8, 4) is 0 Å². The van der Waals surface area contributed by atoms with E-state index in [1.54, 1.807) is 46.2 Å². The van der Waals surface area contributed by atoms with Gasteiger partial charge < -0.3 is 24.5 Å². The van der Waals surface area contributed by atoms with Crippen LogP contribution in [-0.2, 0) is 13.9 Å². The molecule has 2 fully saturated rings. The second-order valence-electron chi connectivity index (χ2n) is 14.0. The molecule has 2 aliphatic rings. The van der Waals surface area contributed by atoms with Gasteiger partial charge in [-0.25, -0.2) is 14.8 Å². The third-order valence-electron chi connectivity index (χ3n) is 7.75. The number of fused-ring (bicyclic) bond motifs is 1. The minimum atomic E-state index is -1.97. The van der Waals surface area contributed by atoms with Crippen LogP contribution < -0.4 is 15.5 Å². The van der Waals surface area contributed by atoms with Crippen molar-refractivity contribution in [2.45, 2.75) is 110 Å². The zero-order chi connectivity index (χ0) is 32.6. The summed E-state index contributed by atoms with van der Waals surface area (Å²) < 4.78 is 19.5. The van der Waals surface area contributed by atoms with E-state index in [2.05, 4.69) is 61.2 Å². The summed E-state index contributed by atoms with van der Waals surface area (Å²) in [5.41, 5.74) is 0.434. The normalized spacial score (nSPS) is 19.4. The number of nitrogens with zero attached hydrogens (tertiary/aromatic N) is 5. The minimum Gasteiger partial charge on any atom is -0.473 e. The van der Waals surface area contributed by atoms with Gasteiger partial charge in [0.2, 0.25) is 5.88 Å². The molecule has 2 N–H and O–H groups in total. The number of carbonyl (C=O) groups excluding carboxylic acids is 2. The van der Waals surface area contributed by atoms with Gasteiger partial charge in [0.25, 0.3) is 5.91 Å². The number of anilines is 2. The van der Waals surface area contributed by atoms with Crippen LogP contribution >= 0.6 is 0 Å². The van der Waals surface area contributed by atoms with Crippen molar-refractivity contribution in [3.05, 3.63) is 42.1 Å². The zero-order valence-corrected chi connectivity index (χ0v) is 28.6. The number of rotatable bonds is 11. The van der Waals surface area contributed by atoms with Crippen LogP contribution in [0.15, 0.2) is 41.5 Å². The fourth-order valence-corrected chi connectivity index (χ4v) is 5.39. The fourth-order valence-electron chi connectivity index (χ4n) is 4.01. The summed E-state index contributed by atoms with van der Waals surface area (Å²) in [5, 5.41) is 10.8. The van der Waals surface area contributed by atoms with Crippen LogP contribution in [0.5, 0.6) is 0 Å². The summed E-state index contributed by atoms with van der Waals surface area (Å²) in [6.07, 6.45) is 6.78. The lowest BCUT2D eigenvalue weighted by atomic mass is 10.2. The van der Waals surface area contributed by atoms with Gasteiger partial charge >= 0.3 is 6.09 Å². The first-order valence-corrected chi connectivity index (χ1v) is 17.9. The Balaban J connectivity index is 1.66. The molecule has 2 atom stereocenters. The SMILES string of the molecule is C=C/C=N\C(OC1CC1)=C(/C)Nc1cc(N(C)C(=O)OC(C)(C)C)n2ncc(C(=O)NC3CC3O[Si](C)(C)C(C)(C)C)c2n1. The summed E-state index contributed by atoms with van der Waals surface area (Å²) in [7, 11) is -0.389. The molecule has 0 aromatic carbocycles. The molecule has 4 rings (SSSR count). The van der Waals surface area contributed by atoms with Gasteiger partial charge in [-0.2, -0.15) is 9.61 Å². The van der Waals surface area contributed by atoms with Crippen molar-refractivity contribution in [2.24, 2.45) is 4.99 Å². The highest BCUT2D eigenvalue weighted by atomic mass is 28.4. The average molecular weight is 626 g/mol. The van der Waals surface area contributed by atoms with Crippen LogP contribution in [-0.4, -0.2) is 72.0 Å². The van der Waals surface area contributed by atoms with Gasteiger partial charge in [0.05, 0.1) is 24.0 Å². The van der Waals surface area contributed by atoms with Crippen molar-refractivity contribution in [1.82, 2.24) is 19.9 Å². The zero-order valence-electron chi connectivity index (χ0n) is 27.6. The smallest absolute Gasteiger partial charge is 0.415 e. The molecule has 0 radical (unpaired) electrons. The van der Waals surface area contributed by atoms with E-state index in [9.17, 15) is 9.59 Å². The molecule has 44 heavy (non-hydrogen) atoms. The molecule has 2 heterocycles. The van der Waals surface area contributed by atoms with Gasteiger partial charge in [-0.15, -0.1) is 0 Å². The standard InChI is InChI=1S/C31H47N7O5Si/c1-12-15-32-28(41-20-13-14-20)19(2)34-24-17-25(37(9)29(40)42-30(3,4)5)38-26(36-24)21(18-33-38)27(39)35-22-16-23(22)43-44(10,11)31(6,7)8/h12,15,17-18,20,22-23H,1,13-14,16H2,2-11H3,(H,34,36)(H,35,39)/b28-19-,32-15-. The number of nitrogens with one attached hydrogen (secondary N) is 2. The molecule has 2 aromatic rings. The summed E-state index contributed by atoms with van der Waals surface area (Å²) >= 11 is 0. The molecule has 2 saturated carbocycles. The maximum atomic E-state index is 13.5. The maximum Gasteiger partial charge on any atom is 0.415 e. The largest absolute Gasteiger partial charge is 0.473 e. The van der Waals surface area contributed by atoms with E-state index >= 15 is 0 Å². The van der Waals surface area contributed by atoms with Gasteiger partial charge in [0.1, 0.15) is 28.9 Å². The molecule has 13 heteroatoms. The molecular formula is C31H47N7O5Si. The van der Waals surface area contributed by atoms with E-state index in [1.807, 2.05) is 6.92 Å². The predicted octanol–water partition coefficient (Wildman–Crippen LogP) is 6.03. The minimum absolute atomic E-state index is 0.0190. The number of carbonyl (C=O) groups is 2. The highest BCUT2D eigenvalue weighted by molar-refractivity contribution is 6.74. The Morgan fingerprint density at radius 2 is 1.89 bits per heavy atom. The molecule has 240 valence electrons. The average Bonchev–Trinajstić information content (AvgIpc) is 3.81. The van der Waals surface area contributed by atoms with E-state index in [-0.39, 0.29) is 40.4 Å². The molecule has 0 bridgehead atoms. The molecule has 2 aliphatic carbocycles. The Hall–Kier alpha value is -3.71. The van der Waals surface area contributed by atoms with Crippen LogP contribution in [0.2, 0.25) is 18.1 Å². The second kappa shape index (κ2) is 12.4. The monoisotopic (exact) mass is 625 g/mol. The first kappa shape index (κ1) is 33.2. The Bertz CT molecular complexity index is 1480. The van der Waals surface area contributed by atoms with Crippen molar-refractivity contribution in [2.75, 3.05) is 17.3 Å². The van der Waals surface area contributed by atoms with Crippen LogP contribution in [0.25, 0.3) is 5.65 Å². The molecule has 0 aliphatic heterocycles. The molecule has 0 spiro atoms. The number of amides is 2. The quantitative estimate of drug-likeness (QED) is 0.176. The van der Waals surface area contributed by atoms with E-state index in [1.165, 1.54) is 15.6 Å². The van der Waals surface area contributed by atoms with Gasteiger partial charge in [0.15, 0.2) is 14.0 Å². The number of hydrogen-bond donors (Lipinski definition) is 2. The lowest BCUT2D eigenvalue weighted by Crippen LogP contribution is -2.42. The van der Waals surface area contributed by atoms with Crippen LogP contribution in [0.1, 0.15) is 78.1 Å². The van der Waals surface area contributed by atoms with Gasteiger partial charge in [-0.1, -0.05) is 33.4 Å². The molecule has 0 saturated heterocycles. The summed E-state index contributed by atoms with van der Waals surface area (Å²) in [4.78, 5) is 37.1. The lowest BCUT2D eigenvalue weighted by molar-refractivity contribution is 0.0587. The summed E-state index contributed by atoms with van der Waals surface area (Å²) in [6, 6.07) is 1.57. The van der Waals surface area contributed by atoms with E-state index in [0.717, 1.165) is 19.3 Å². The second-order valence-corrected chi connectivity index (χ2v) is 18.7. The van der Waals surface area contributed by atoms with Gasteiger partial charge in [0, 0.05) is 19.3 Å².